The highest BCUT2D eigenvalue weighted by Crippen LogP contribution is 2.32. The Kier molecular flexibility index (Phi) is 4.71. The molecule has 2 nitrogen and oxygen atoms in total. The Morgan fingerprint density at radius 3 is 2.36 bits per heavy atom. The highest BCUT2D eigenvalue weighted by molar-refractivity contribution is 8.76. The van der Waals surface area contributed by atoms with Crippen LogP contribution in [0.4, 0.5) is 0 Å². The molecular weight excluding hydrogens is 236 g/mol. The summed E-state index contributed by atoms with van der Waals surface area (Å²) in [6, 6.07) is 5.39. The number of carboxylic acid groups (broad SMARTS) is 1. The Hall–Kier alpha value is -0.260. The molecule has 1 aromatic carbocycles. The van der Waals surface area contributed by atoms with Crippen molar-refractivity contribution in [2.45, 2.75) is 9.79 Å². The van der Waals surface area contributed by atoms with E-state index in [2.05, 4.69) is 0 Å². The first kappa shape index (κ1) is 11.8. The zero-order chi connectivity index (χ0) is 10.6. The number of benzene rings is 1. The Labute approximate surface area is 95.3 Å². The highest BCUT2D eigenvalue weighted by Gasteiger charge is 2.06. The lowest BCUT2D eigenvalue weighted by Crippen LogP contribution is -1.96. The van der Waals surface area contributed by atoms with Gasteiger partial charge in [0.25, 0.3) is 0 Å². The van der Waals surface area contributed by atoms with Crippen molar-refractivity contribution in [3.63, 3.8) is 0 Å². The van der Waals surface area contributed by atoms with Crippen molar-refractivity contribution in [2.75, 3.05) is 12.5 Å². The summed E-state index contributed by atoms with van der Waals surface area (Å²) in [5, 5.41) is 8.87. The van der Waals surface area contributed by atoms with Gasteiger partial charge in [0.15, 0.2) is 0 Å². The average Bonchev–Trinajstić information content (AvgIpc) is 2.17. The van der Waals surface area contributed by atoms with Gasteiger partial charge in [0.05, 0.1) is 5.56 Å². The number of hydrogen-bond acceptors (Lipinski definition) is 4. The Morgan fingerprint density at radius 2 is 1.86 bits per heavy atom. The van der Waals surface area contributed by atoms with Crippen molar-refractivity contribution < 1.29 is 9.90 Å². The van der Waals surface area contributed by atoms with Crippen molar-refractivity contribution in [3.8, 4) is 0 Å². The van der Waals surface area contributed by atoms with E-state index in [9.17, 15) is 4.79 Å². The fourth-order valence-corrected chi connectivity index (χ4v) is 2.93. The van der Waals surface area contributed by atoms with Crippen LogP contribution in [0.1, 0.15) is 10.4 Å². The Morgan fingerprint density at radius 1 is 1.21 bits per heavy atom. The lowest BCUT2D eigenvalue weighted by Gasteiger charge is -2.03. The maximum absolute atomic E-state index is 10.8. The average molecular weight is 246 g/mol. The van der Waals surface area contributed by atoms with E-state index in [4.69, 9.17) is 5.11 Å². The van der Waals surface area contributed by atoms with Crippen LogP contribution in [0.2, 0.25) is 0 Å². The third-order valence-corrected chi connectivity index (χ3v) is 3.92. The molecule has 0 aromatic heterocycles. The third-order valence-electron chi connectivity index (χ3n) is 1.54. The summed E-state index contributed by atoms with van der Waals surface area (Å²) in [5.74, 6) is -0.871. The van der Waals surface area contributed by atoms with Gasteiger partial charge in [-0.2, -0.15) is 0 Å². The minimum Gasteiger partial charge on any atom is -0.478 e. The molecule has 0 amide bonds. The molecule has 0 aliphatic carbocycles. The first-order chi connectivity index (χ1) is 6.67. The minimum atomic E-state index is -0.871. The lowest BCUT2D eigenvalue weighted by molar-refractivity contribution is 0.0696. The molecule has 1 N–H and O–H groups in total. The summed E-state index contributed by atoms with van der Waals surface area (Å²) in [7, 11) is 3.19. The van der Waals surface area contributed by atoms with E-state index in [1.807, 2.05) is 18.6 Å². The molecule has 1 aromatic rings. The van der Waals surface area contributed by atoms with Gasteiger partial charge in [0.1, 0.15) is 0 Å². The quantitative estimate of drug-likeness (QED) is 0.650. The normalized spacial score (nSPS) is 10.1. The summed E-state index contributed by atoms with van der Waals surface area (Å²) in [4.78, 5) is 12.8. The van der Waals surface area contributed by atoms with Crippen LogP contribution in [0.3, 0.4) is 0 Å². The van der Waals surface area contributed by atoms with Gasteiger partial charge in [-0.25, -0.2) is 4.79 Å². The van der Waals surface area contributed by atoms with E-state index in [0.29, 0.717) is 5.56 Å². The summed E-state index contributed by atoms with van der Waals surface area (Å²) >= 11 is 1.55. The Bertz CT molecular complexity index is 339. The van der Waals surface area contributed by atoms with E-state index in [1.165, 1.54) is 0 Å². The number of carboxylic acids is 1. The molecule has 5 heteroatoms. The summed E-state index contributed by atoms with van der Waals surface area (Å²) < 4.78 is 0. The molecular formula is C9H10O2S3. The molecule has 0 unspecified atom stereocenters. The van der Waals surface area contributed by atoms with Crippen LogP contribution in [-0.4, -0.2) is 23.6 Å². The van der Waals surface area contributed by atoms with Crippen molar-refractivity contribution >= 4 is 39.3 Å². The second-order valence-electron chi connectivity index (χ2n) is 2.45. The first-order valence-corrected chi connectivity index (χ1v) is 7.58. The van der Waals surface area contributed by atoms with Crippen molar-refractivity contribution in [3.05, 3.63) is 23.8 Å². The molecule has 0 bridgehead atoms. The molecule has 0 radical (unpaired) electrons. The van der Waals surface area contributed by atoms with Crippen molar-refractivity contribution in [2.24, 2.45) is 0 Å². The molecule has 0 fully saturated rings. The van der Waals surface area contributed by atoms with Gasteiger partial charge >= 0.3 is 5.97 Å². The molecule has 0 atom stereocenters. The summed E-state index contributed by atoms with van der Waals surface area (Å²) in [6.45, 7) is 0. The zero-order valence-corrected chi connectivity index (χ0v) is 10.3. The molecule has 0 saturated carbocycles. The van der Waals surface area contributed by atoms with Gasteiger partial charge in [0.2, 0.25) is 0 Å². The van der Waals surface area contributed by atoms with Crippen LogP contribution in [0.15, 0.2) is 28.0 Å². The second kappa shape index (κ2) is 5.58. The summed E-state index contributed by atoms with van der Waals surface area (Å²) in [5.41, 5.74) is 0.355. The standard InChI is InChI=1S/C9H10O2S3/c1-12-7-3-6(9(10)11)4-8(5-7)14-13-2/h3-5H,1-2H3,(H,10,11). The maximum Gasteiger partial charge on any atom is 0.335 e. The minimum absolute atomic E-state index is 0.355. The van der Waals surface area contributed by atoms with Crippen LogP contribution in [-0.2, 0) is 0 Å². The van der Waals surface area contributed by atoms with Gasteiger partial charge in [0, 0.05) is 9.79 Å². The fraction of sp³-hybridized carbons (Fsp3) is 0.222. The second-order valence-corrected chi connectivity index (χ2v) is 5.80. The molecule has 0 aliphatic rings. The molecule has 0 spiro atoms. The monoisotopic (exact) mass is 246 g/mol. The van der Waals surface area contributed by atoms with Gasteiger partial charge in [-0.1, -0.05) is 21.6 Å². The van der Waals surface area contributed by atoms with Gasteiger partial charge in [-0.3, -0.25) is 0 Å². The number of thioether (sulfide) groups is 1. The van der Waals surface area contributed by atoms with Crippen LogP contribution in [0, 0.1) is 0 Å². The largest absolute Gasteiger partial charge is 0.478 e. The van der Waals surface area contributed by atoms with Gasteiger partial charge in [-0.05, 0) is 30.7 Å². The molecule has 1 rings (SSSR count). The number of aromatic carboxylic acids is 1. The number of rotatable bonds is 4. The molecule has 14 heavy (non-hydrogen) atoms. The van der Waals surface area contributed by atoms with Gasteiger partial charge in [-0.15, -0.1) is 11.8 Å². The van der Waals surface area contributed by atoms with E-state index in [0.717, 1.165) is 9.79 Å². The van der Waals surface area contributed by atoms with Gasteiger partial charge < -0.3 is 5.11 Å². The van der Waals surface area contributed by atoms with Crippen LogP contribution < -0.4 is 0 Å². The fourth-order valence-electron chi connectivity index (χ4n) is 0.957. The lowest BCUT2D eigenvalue weighted by atomic mass is 10.2. The Balaban J connectivity index is 3.06. The molecule has 0 heterocycles. The summed E-state index contributed by atoms with van der Waals surface area (Å²) in [6.07, 6.45) is 3.91. The predicted octanol–water partition coefficient (Wildman–Crippen LogP) is 3.48. The highest BCUT2D eigenvalue weighted by atomic mass is 33.1. The van der Waals surface area contributed by atoms with Crippen LogP contribution in [0.25, 0.3) is 0 Å². The zero-order valence-electron chi connectivity index (χ0n) is 7.81. The van der Waals surface area contributed by atoms with E-state index < -0.39 is 5.97 Å². The third kappa shape index (κ3) is 3.15. The molecule has 0 saturated heterocycles. The number of hydrogen-bond donors (Lipinski definition) is 1. The van der Waals surface area contributed by atoms with E-state index in [-0.39, 0.29) is 0 Å². The van der Waals surface area contributed by atoms with Crippen molar-refractivity contribution in [1.82, 2.24) is 0 Å². The number of carbonyl (C=O) groups is 1. The van der Waals surface area contributed by atoms with E-state index >= 15 is 0 Å². The predicted molar refractivity (Wildman–Crippen MR) is 64.6 cm³/mol. The molecule has 76 valence electrons. The SMILES string of the molecule is CSSc1cc(SC)cc(C(=O)O)c1. The van der Waals surface area contributed by atoms with E-state index in [1.54, 1.807) is 45.5 Å². The maximum atomic E-state index is 10.8. The van der Waals surface area contributed by atoms with Crippen LogP contribution >= 0.6 is 33.3 Å². The first-order valence-electron chi connectivity index (χ1n) is 3.80. The van der Waals surface area contributed by atoms with Crippen LogP contribution in [0.5, 0.6) is 0 Å². The smallest absolute Gasteiger partial charge is 0.335 e. The topological polar surface area (TPSA) is 37.3 Å². The van der Waals surface area contributed by atoms with Crippen molar-refractivity contribution in [1.29, 1.82) is 0 Å². The molecule has 0 aliphatic heterocycles.